The summed E-state index contributed by atoms with van der Waals surface area (Å²) in [5, 5.41) is 9.99. The molecule has 1 rings (SSSR count). The molecule has 1 aromatic rings. The molecule has 2 atom stereocenters. The van der Waals surface area contributed by atoms with Gasteiger partial charge in [-0.05, 0) is 39.0 Å². The molecule has 3 heteroatoms. The number of aryl methyl sites for hydroxylation is 2. The van der Waals surface area contributed by atoms with E-state index in [0.29, 0.717) is 0 Å². The molecule has 0 aliphatic carbocycles. The summed E-state index contributed by atoms with van der Waals surface area (Å²) < 4.78 is 0. The number of unbranched alkanes of at least 4 members (excludes halogenated alkanes) is 2. The van der Waals surface area contributed by atoms with Gasteiger partial charge in [0.2, 0.25) is 0 Å². The number of aliphatic hydroxyl groups is 1. The van der Waals surface area contributed by atoms with Crippen LogP contribution in [0, 0.1) is 0 Å². The van der Waals surface area contributed by atoms with Crippen LogP contribution in [0.15, 0.2) is 0 Å². The maximum Gasteiger partial charge on any atom is 0.112 e. The van der Waals surface area contributed by atoms with Crippen molar-refractivity contribution >= 4 is 0 Å². The molecule has 0 aliphatic rings. The lowest BCUT2D eigenvalue weighted by Crippen LogP contribution is -2.16. The van der Waals surface area contributed by atoms with Gasteiger partial charge in [0.05, 0.1) is 11.8 Å². The Morgan fingerprint density at radius 3 is 2.25 bits per heavy atom. The van der Waals surface area contributed by atoms with Gasteiger partial charge in [0, 0.05) is 11.6 Å². The van der Waals surface area contributed by atoms with E-state index < -0.39 is 0 Å². The summed E-state index contributed by atoms with van der Waals surface area (Å²) in [5.41, 5.74) is 2.54. The average molecular weight is 280 g/mol. The van der Waals surface area contributed by atoms with Gasteiger partial charge in [-0.3, -0.25) is 0 Å². The fraction of sp³-hybridized carbons (Fsp3) is 0.824. The van der Waals surface area contributed by atoms with E-state index in [1.807, 2.05) is 6.92 Å². The van der Waals surface area contributed by atoms with E-state index in [9.17, 15) is 5.11 Å². The van der Waals surface area contributed by atoms with Crippen molar-refractivity contribution < 1.29 is 5.11 Å². The summed E-state index contributed by atoms with van der Waals surface area (Å²) in [5.74, 6) is 1.15. The number of imidazole rings is 1. The third-order valence-electron chi connectivity index (χ3n) is 3.96. The number of hydrogen-bond donors (Lipinski definition) is 2. The number of hydrogen-bond acceptors (Lipinski definition) is 2. The van der Waals surface area contributed by atoms with E-state index in [4.69, 9.17) is 4.98 Å². The second-order valence-corrected chi connectivity index (χ2v) is 5.89. The lowest BCUT2D eigenvalue weighted by atomic mass is 9.97. The zero-order chi connectivity index (χ0) is 15.0. The Labute approximate surface area is 124 Å². The quantitative estimate of drug-likeness (QED) is 0.669. The minimum absolute atomic E-state index is 0.149. The molecule has 1 aromatic heterocycles. The highest BCUT2D eigenvalue weighted by molar-refractivity contribution is 5.18. The monoisotopic (exact) mass is 280 g/mol. The minimum atomic E-state index is -0.334. The fourth-order valence-corrected chi connectivity index (χ4v) is 2.67. The molecule has 0 aliphatic heterocycles. The second kappa shape index (κ2) is 9.17. The van der Waals surface area contributed by atoms with Crippen LogP contribution in [0.5, 0.6) is 0 Å². The van der Waals surface area contributed by atoms with E-state index in [2.05, 4.69) is 25.8 Å². The molecular formula is C17H32N2O. The molecule has 0 bridgehead atoms. The van der Waals surface area contributed by atoms with Crippen molar-refractivity contribution in [3.05, 3.63) is 17.2 Å². The molecule has 3 nitrogen and oxygen atoms in total. The molecule has 20 heavy (non-hydrogen) atoms. The van der Waals surface area contributed by atoms with Crippen molar-refractivity contribution in [2.45, 2.75) is 91.1 Å². The molecule has 0 saturated carbocycles. The van der Waals surface area contributed by atoms with Gasteiger partial charge < -0.3 is 10.1 Å². The molecule has 116 valence electrons. The van der Waals surface area contributed by atoms with Crippen molar-refractivity contribution in [3.8, 4) is 0 Å². The SMILES string of the molecule is CCCCc1nc(C(CCC)C(C)O)[nH]c1CCCC. The summed E-state index contributed by atoms with van der Waals surface area (Å²) in [6.45, 7) is 8.47. The van der Waals surface area contributed by atoms with Gasteiger partial charge in [0.15, 0.2) is 0 Å². The number of aliphatic hydroxyl groups excluding tert-OH is 1. The number of rotatable bonds is 10. The van der Waals surface area contributed by atoms with Crippen molar-refractivity contribution in [2.75, 3.05) is 0 Å². The van der Waals surface area contributed by atoms with Crippen molar-refractivity contribution in [3.63, 3.8) is 0 Å². The van der Waals surface area contributed by atoms with E-state index in [-0.39, 0.29) is 12.0 Å². The molecule has 0 aromatic carbocycles. The Kier molecular flexibility index (Phi) is 7.90. The molecule has 0 spiro atoms. The van der Waals surface area contributed by atoms with Gasteiger partial charge in [-0.1, -0.05) is 40.0 Å². The van der Waals surface area contributed by atoms with Gasteiger partial charge in [0.1, 0.15) is 5.82 Å². The third-order valence-corrected chi connectivity index (χ3v) is 3.96. The van der Waals surface area contributed by atoms with Crippen LogP contribution in [0.2, 0.25) is 0 Å². The van der Waals surface area contributed by atoms with Crippen LogP contribution in [0.1, 0.15) is 89.4 Å². The smallest absolute Gasteiger partial charge is 0.112 e. The van der Waals surface area contributed by atoms with Gasteiger partial charge in [-0.15, -0.1) is 0 Å². The van der Waals surface area contributed by atoms with E-state index >= 15 is 0 Å². The zero-order valence-electron chi connectivity index (χ0n) is 13.7. The molecule has 0 amide bonds. The highest BCUT2D eigenvalue weighted by Gasteiger charge is 2.21. The minimum Gasteiger partial charge on any atom is -0.393 e. The van der Waals surface area contributed by atoms with E-state index in [1.54, 1.807) is 0 Å². The molecule has 0 fully saturated rings. The highest BCUT2D eigenvalue weighted by Crippen LogP contribution is 2.25. The van der Waals surface area contributed by atoms with Crippen LogP contribution in [-0.4, -0.2) is 21.2 Å². The van der Waals surface area contributed by atoms with Crippen LogP contribution < -0.4 is 0 Å². The topological polar surface area (TPSA) is 48.9 Å². The molecule has 0 radical (unpaired) electrons. The van der Waals surface area contributed by atoms with Gasteiger partial charge in [-0.25, -0.2) is 4.98 Å². The first kappa shape index (κ1) is 17.2. The van der Waals surface area contributed by atoms with Crippen molar-refractivity contribution in [1.82, 2.24) is 9.97 Å². The van der Waals surface area contributed by atoms with Crippen LogP contribution in [0.4, 0.5) is 0 Å². The summed E-state index contributed by atoms with van der Waals surface area (Å²) in [4.78, 5) is 8.35. The van der Waals surface area contributed by atoms with Gasteiger partial charge >= 0.3 is 0 Å². The zero-order valence-corrected chi connectivity index (χ0v) is 13.7. The second-order valence-electron chi connectivity index (χ2n) is 5.89. The van der Waals surface area contributed by atoms with Crippen LogP contribution in [0.25, 0.3) is 0 Å². The number of nitrogens with zero attached hydrogens (tertiary/aromatic N) is 1. The lowest BCUT2D eigenvalue weighted by Gasteiger charge is -2.16. The molecule has 2 N–H and O–H groups in total. The van der Waals surface area contributed by atoms with Crippen molar-refractivity contribution in [2.24, 2.45) is 0 Å². The molecule has 1 heterocycles. The predicted molar refractivity (Wildman–Crippen MR) is 85.1 cm³/mol. The largest absolute Gasteiger partial charge is 0.393 e. The standard InChI is InChI=1S/C17H32N2O/c1-5-8-11-15-16(12-9-6-2)19-17(18-15)14(10-7-3)13(4)20/h13-14,20H,5-12H2,1-4H3,(H,18,19). The Hall–Kier alpha value is -0.830. The Morgan fingerprint density at radius 1 is 1.05 bits per heavy atom. The predicted octanol–water partition coefficient (Wildman–Crippen LogP) is 4.36. The number of nitrogens with one attached hydrogen (secondary N) is 1. The van der Waals surface area contributed by atoms with E-state index in [1.165, 1.54) is 37.1 Å². The average Bonchev–Trinajstić information content (AvgIpc) is 2.82. The van der Waals surface area contributed by atoms with Crippen LogP contribution in [0.3, 0.4) is 0 Å². The number of aromatic amines is 1. The first-order valence-corrected chi connectivity index (χ1v) is 8.39. The number of aromatic nitrogens is 2. The Morgan fingerprint density at radius 2 is 1.70 bits per heavy atom. The highest BCUT2D eigenvalue weighted by atomic mass is 16.3. The summed E-state index contributed by atoms with van der Waals surface area (Å²) in [7, 11) is 0. The van der Waals surface area contributed by atoms with Crippen LogP contribution >= 0.6 is 0 Å². The first-order chi connectivity index (χ1) is 9.63. The number of H-pyrrole nitrogens is 1. The fourth-order valence-electron chi connectivity index (χ4n) is 2.67. The normalized spacial score (nSPS) is 14.4. The molecule has 0 saturated heterocycles. The molecular weight excluding hydrogens is 248 g/mol. The maximum atomic E-state index is 9.99. The first-order valence-electron chi connectivity index (χ1n) is 8.39. The maximum absolute atomic E-state index is 9.99. The molecule has 2 unspecified atom stereocenters. The third kappa shape index (κ3) is 4.93. The Bertz CT molecular complexity index is 346. The van der Waals surface area contributed by atoms with Gasteiger partial charge in [-0.2, -0.15) is 0 Å². The summed E-state index contributed by atoms with van der Waals surface area (Å²) >= 11 is 0. The Balaban J connectivity index is 2.92. The summed E-state index contributed by atoms with van der Waals surface area (Å²) in [6, 6.07) is 0. The summed E-state index contributed by atoms with van der Waals surface area (Å²) in [6.07, 6.45) is 8.67. The lowest BCUT2D eigenvalue weighted by molar-refractivity contribution is 0.153. The van der Waals surface area contributed by atoms with E-state index in [0.717, 1.165) is 31.5 Å². The van der Waals surface area contributed by atoms with Crippen molar-refractivity contribution in [1.29, 1.82) is 0 Å². The van der Waals surface area contributed by atoms with Gasteiger partial charge in [0.25, 0.3) is 0 Å². The van der Waals surface area contributed by atoms with Crippen LogP contribution in [-0.2, 0) is 12.8 Å².